The van der Waals surface area contributed by atoms with Gasteiger partial charge in [-0.15, -0.1) is 0 Å². The Labute approximate surface area is 123 Å². The average Bonchev–Trinajstić information content (AvgIpc) is 2.23. The molecular weight excluding hydrogens is 344 g/mol. The van der Waals surface area contributed by atoms with Crippen molar-refractivity contribution in [1.29, 1.82) is 0 Å². The van der Waals surface area contributed by atoms with Gasteiger partial charge in [0.15, 0.2) is 14.9 Å². The number of nitrogens with two attached hydrogens (primary N) is 1. The van der Waals surface area contributed by atoms with Crippen molar-refractivity contribution in [2.45, 2.75) is 4.90 Å². The van der Waals surface area contributed by atoms with Crippen LogP contribution in [0.2, 0.25) is 0 Å². The van der Waals surface area contributed by atoms with Gasteiger partial charge in [-0.1, -0.05) is 0 Å². The standard InChI is InChI=1S/C9H14N2O7S3/c1-18-8-4-3-7(5-9(8)21(10,16)17)11-20(14,15)6-19(2,12)13/h3-5,11H,6H2,1-2H3,(H2,10,16,17). The maximum atomic E-state index is 11.6. The van der Waals surface area contributed by atoms with Crippen molar-refractivity contribution in [3.8, 4) is 5.75 Å². The molecule has 1 aromatic rings. The van der Waals surface area contributed by atoms with E-state index in [9.17, 15) is 25.3 Å². The van der Waals surface area contributed by atoms with E-state index in [4.69, 9.17) is 9.88 Å². The largest absolute Gasteiger partial charge is 0.495 e. The average molecular weight is 358 g/mol. The van der Waals surface area contributed by atoms with Gasteiger partial charge in [-0.3, -0.25) is 4.72 Å². The highest BCUT2D eigenvalue weighted by Gasteiger charge is 2.20. The number of methoxy groups -OCH3 is 1. The van der Waals surface area contributed by atoms with E-state index < -0.39 is 39.9 Å². The van der Waals surface area contributed by atoms with E-state index in [0.29, 0.717) is 0 Å². The molecule has 0 aliphatic heterocycles. The Bertz CT molecular complexity index is 841. The Balaban J connectivity index is 3.24. The van der Waals surface area contributed by atoms with Crippen molar-refractivity contribution < 1.29 is 30.0 Å². The number of primary sulfonamides is 1. The molecule has 3 N–H and O–H groups in total. The lowest BCUT2D eigenvalue weighted by Crippen LogP contribution is -2.22. The monoisotopic (exact) mass is 358 g/mol. The zero-order valence-electron chi connectivity index (χ0n) is 11.1. The molecule has 0 aromatic heterocycles. The van der Waals surface area contributed by atoms with Crippen LogP contribution in [0.15, 0.2) is 23.1 Å². The highest BCUT2D eigenvalue weighted by Crippen LogP contribution is 2.26. The number of ether oxygens (including phenoxy) is 1. The van der Waals surface area contributed by atoms with E-state index in [1.807, 2.05) is 4.72 Å². The number of hydrogen-bond donors (Lipinski definition) is 2. The number of rotatable bonds is 6. The van der Waals surface area contributed by atoms with Crippen LogP contribution in [0.5, 0.6) is 5.75 Å². The first-order valence-electron chi connectivity index (χ1n) is 5.23. The van der Waals surface area contributed by atoms with Gasteiger partial charge in [-0.05, 0) is 18.2 Å². The molecule has 12 heteroatoms. The summed E-state index contributed by atoms with van der Waals surface area (Å²) in [7, 11) is -10.9. The van der Waals surface area contributed by atoms with Crippen molar-refractivity contribution in [2.75, 3.05) is 23.2 Å². The lowest BCUT2D eigenvalue weighted by atomic mass is 10.3. The fourth-order valence-corrected chi connectivity index (χ4v) is 5.15. The third-order valence-corrected chi connectivity index (χ3v) is 6.55. The van der Waals surface area contributed by atoms with E-state index in [-0.39, 0.29) is 11.4 Å². The predicted octanol–water partition coefficient (Wildman–Crippen LogP) is -0.914. The van der Waals surface area contributed by atoms with Crippen molar-refractivity contribution in [3.63, 3.8) is 0 Å². The van der Waals surface area contributed by atoms with Gasteiger partial charge >= 0.3 is 0 Å². The van der Waals surface area contributed by atoms with Crippen LogP contribution >= 0.6 is 0 Å². The van der Waals surface area contributed by atoms with E-state index >= 15 is 0 Å². The molecule has 0 heterocycles. The molecular formula is C9H14N2O7S3. The Hall–Kier alpha value is -1.37. The number of anilines is 1. The van der Waals surface area contributed by atoms with Gasteiger partial charge in [0, 0.05) is 6.26 Å². The number of hydrogen-bond acceptors (Lipinski definition) is 7. The third-order valence-electron chi connectivity index (χ3n) is 2.11. The maximum absolute atomic E-state index is 11.6. The van der Waals surface area contributed by atoms with E-state index in [0.717, 1.165) is 12.3 Å². The van der Waals surface area contributed by atoms with Gasteiger partial charge in [0.2, 0.25) is 20.0 Å². The highest BCUT2D eigenvalue weighted by molar-refractivity contribution is 8.08. The van der Waals surface area contributed by atoms with Crippen LogP contribution < -0.4 is 14.6 Å². The van der Waals surface area contributed by atoms with Crippen molar-refractivity contribution in [1.82, 2.24) is 0 Å². The van der Waals surface area contributed by atoms with Crippen LogP contribution in [0.1, 0.15) is 0 Å². The van der Waals surface area contributed by atoms with Gasteiger partial charge in [0.05, 0.1) is 12.8 Å². The zero-order valence-corrected chi connectivity index (χ0v) is 13.5. The quantitative estimate of drug-likeness (QED) is 0.668. The van der Waals surface area contributed by atoms with Crippen molar-refractivity contribution in [2.24, 2.45) is 5.14 Å². The van der Waals surface area contributed by atoms with Crippen LogP contribution in [-0.2, 0) is 29.9 Å². The minimum absolute atomic E-state index is 0.0661. The molecule has 0 unspecified atom stereocenters. The molecule has 0 spiro atoms. The normalized spacial score (nSPS) is 12.9. The highest BCUT2D eigenvalue weighted by atomic mass is 32.3. The summed E-state index contributed by atoms with van der Waals surface area (Å²) in [5, 5.41) is 3.86. The molecule has 0 bridgehead atoms. The predicted molar refractivity (Wildman–Crippen MR) is 76.6 cm³/mol. The van der Waals surface area contributed by atoms with Gasteiger partial charge in [-0.2, -0.15) is 0 Å². The first-order valence-corrected chi connectivity index (χ1v) is 10.5. The molecule has 0 saturated heterocycles. The van der Waals surface area contributed by atoms with Crippen molar-refractivity contribution in [3.05, 3.63) is 18.2 Å². The smallest absolute Gasteiger partial charge is 0.247 e. The summed E-state index contributed by atoms with van der Waals surface area (Å²) in [6.07, 6.45) is 0.760. The molecule has 9 nitrogen and oxygen atoms in total. The lowest BCUT2D eigenvalue weighted by Gasteiger charge is -2.11. The van der Waals surface area contributed by atoms with E-state index in [1.165, 1.54) is 19.2 Å². The molecule has 0 aliphatic rings. The number of nitrogens with one attached hydrogen (secondary N) is 1. The van der Waals surface area contributed by atoms with Gasteiger partial charge in [0.25, 0.3) is 0 Å². The first kappa shape index (κ1) is 17.7. The minimum Gasteiger partial charge on any atom is -0.495 e. The minimum atomic E-state index is -4.19. The zero-order chi connectivity index (χ0) is 16.5. The summed E-state index contributed by atoms with van der Waals surface area (Å²) in [6.45, 7) is 0. The number of sulfone groups is 1. The fraction of sp³-hybridized carbons (Fsp3) is 0.333. The Kier molecular flexibility index (Phi) is 4.87. The van der Waals surface area contributed by atoms with Crippen LogP contribution in [0, 0.1) is 0 Å². The fourth-order valence-electron chi connectivity index (χ4n) is 1.45. The third kappa shape index (κ3) is 5.49. The summed E-state index contributed by atoms with van der Waals surface area (Å²) < 4.78 is 74.8. The summed E-state index contributed by atoms with van der Waals surface area (Å²) in [4.78, 5) is -0.426. The summed E-state index contributed by atoms with van der Waals surface area (Å²) in [6, 6.07) is 3.35. The summed E-state index contributed by atoms with van der Waals surface area (Å²) in [5.41, 5.74) is -0.150. The second-order valence-corrected chi connectivity index (χ2v) is 9.93. The Morgan fingerprint density at radius 3 is 2.14 bits per heavy atom. The number of sulfonamides is 2. The van der Waals surface area contributed by atoms with Crippen LogP contribution in [0.3, 0.4) is 0 Å². The summed E-state index contributed by atoms with van der Waals surface area (Å²) in [5.74, 6) is -0.0661. The van der Waals surface area contributed by atoms with Crippen LogP contribution in [0.4, 0.5) is 5.69 Å². The second-order valence-electron chi connectivity index (χ2n) is 4.17. The first-order chi connectivity index (χ1) is 9.34. The molecule has 1 rings (SSSR count). The van der Waals surface area contributed by atoms with Crippen LogP contribution in [-0.4, -0.2) is 43.7 Å². The molecule has 21 heavy (non-hydrogen) atoms. The lowest BCUT2D eigenvalue weighted by molar-refractivity contribution is 0.403. The maximum Gasteiger partial charge on any atom is 0.247 e. The Morgan fingerprint density at radius 1 is 1.14 bits per heavy atom. The topological polar surface area (TPSA) is 150 Å². The second kappa shape index (κ2) is 5.79. The van der Waals surface area contributed by atoms with E-state index in [2.05, 4.69) is 0 Å². The molecule has 0 amide bonds. The summed E-state index contributed by atoms with van der Waals surface area (Å²) >= 11 is 0. The molecule has 0 atom stereocenters. The van der Waals surface area contributed by atoms with E-state index in [1.54, 1.807) is 0 Å². The molecule has 0 aliphatic carbocycles. The van der Waals surface area contributed by atoms with Crippen LogP contribution in [0.25, 0.3) is 0 Å². The van der Waals surface area contributed by atoms with Gasteiger partial charge in [0.1, 0.15) is 10.6 Å². The molecule has 0 fully saturated rings. The van der Waals surface area contributed by atoms with Gasteiger partial charge in [-0.25, -0.2) is 30.4 Å². The SMILES string of the molecule is COc1ccc(NS(=O)(=O)CS(C)(=O)=O)cc1S(N)(=O)=O. The van der Waals surface area contributed by atoms with Gasteiger partial charge < -0.3 is 4.74 Å². The molecule has 120 valence electrons. The van der Waals surface area contributed by atoms with Crippen molar-refractivity contribution >= 4 is 35.6 Å². The molecule has 0 radical (unpaired) electrons. The number of benzene rings is 1. The molecule has 1 aromatic carbocycles. The Morgan fingerprint density at radius 2 is 1.71 bits per heavy atom. The molecule has 0 saturated carbocycles.